The van der Waals surface area contributed by atoms with Crippen molar-refractivity contribution in [2.75, 3.05) is 0 Å². The van der Waals surface area contributed by atoms with Gasteiger partial charge in [-0.25, -0.2) is 20.0 Å². The van der Waals surface area contributed by atoms with Crippen molar-refractivity contribution in [3.05, 3.63) is 191 Å². The van der Waals surface area contributed by atoms with E-state index in [0.717, 1.165) is 22.3 Å². The highest BCUT2D eigenvalue weighted by Crippen LogP contribution is 2.39. The number of hydrogen-bond donors (Lipinski definition) is 0. The highest BCUT2D eigenvalue weighted by atomic mass is 16.5. The van der Waals surface area contributed by atoms with Crippen molar-refractivity contribution in [1.29, 1.82) is 0 Å². The standard InChI is InChI=1S/C52H36N4O8/c1-29(57)61-37-13-5-33(6-14-37)49-41-21-23-43(53-41)50(34-7-15-38(16-8-34)62-30(2)58)45-25-27-47(55-45)52(36-11-19-40(20-12-36)64-32(4)60)48-28-26-46(56-48)51(44-24-22-42(49)54-44)35-9-17-39(18-10-35)63-31(3)59/h5-28H,1-4H3. The van der Waals surface area contributed by atoms with Crippen molar-refractivity contribution in [2.24, 2.45) is 20.0 Å². The van der Waals surface area contributed by atoms with Gasteiger partial charge in [-0.3, -0.25) is 19.2 Å². The van der Waals surface area contributed by atoms with Crippen LogP contribution in [0.3, 0.4) is 0 Å². The van der Waals surface area contributed by atoms with E-state index in [1.165, 1.54) is 27.7 Å². The van der Waals surface area contributed by atoms with Gasteiger partial charge in [0.1, 0.15) is 23.0 Å². The highest BCUT2D eigenvalue weighted by molar-refractivity contribution is 6.39. The Balaban J connectivity index is 1.30. The van der Waals surface area contributed by atoms with E-state index in [2.05, 4.69) is 0 Å². The summed E-state index contributed by atoms with van der Waals surface area (Å²) in [5, 5.41) is 0. The minimum atomic E-state index is -0.432. The molecule has 0 aromatic heterocycles. The van der Waals surface area contributed by atoms with Crippen LogP contribution in [0.2, 0.25) is 0 Å². The number of benzene rings is 4. The molecule has 0 fully saturated rings. The zero-order valence-corrected chi connectivity index (χ0v) is 34.9. The first kappa shape index (κ1) is 40.7. The van der Waals surface area contributed by atoms with Gasteiger partial charge in [0.15, 0.2) is 0 Å². The van der Waals surface area contributed by atoms with E-state index in [-0.39, 0.29) is 0 Å². The van der Waals surface area contributed by atoms with E-state index in [9.17, 15) is 19.2 Å². The molecule has 5 aliphatic heterocycles. The van der Waals surface area contributed by atoms with Crippen LogP contribution in [-0.4, -0.2) is 46.7 Å². The SMILES string of the molecule is CC(=O)Oc1ccc(C2=C3C=CC(=N3)C(c3ccc(OC(C)=O)cc3)=C3C=CC(=N3)C(c3ccc(OC(C)=O)cc3)=C3C=CC(=N3)C(c3ccc(OC(C)=O)cc3)=C3C=CC2=N3)cc1. The Kier molecular flexibility index (Phi) is 10.8. The number of fused-ring (bicyclic) bond motifs is 4. The quantitative estimate of drug-likeness (QED) is 0.126. The van der Waals surface area contributed by atoms with Gasteiger partial charge in [0.2, 0.25) is 0 Å². The minimum Gasteiger partial charge on any atom is -0.427 e. The molecule has 0 aliphatic carbocycles. The van der Waals surface area contributed by atoms with Crippen LogP contribution in [-0.2, 0) is 19.2 Å². The second kappa shape index (κ2) is 17.0. The second-order valence-corrected chi connectivity index (χ2v) is 14.8. The van der Waals surface area contributed by atoms with Crippen LogP contribution in [0.1, 0.15) is 49.9 Å². The monoisotopic (exact) mass is 844 g/mol. The molecule has 8 bridgehead atoms. The molecule has 0 saturated carbocycles. The number of rotatable bonds is 8. The van der Waals surface area contributed by atoms with Crippen LogP contribution in [0.15, 0.2) is 188 Å². The van der Waals surface area contributed by atoms with Crippen molar-refractivity contribution in [2.45, 2.75) is 27.7 Å². The zero-order valence-electron chi connectivity index (χ0n) is 34.9. The summed E-state index contributed by atoms with van der Waals surface area (Å²) < 4.78 is 21.5. The number of aliphatic imine (C=N–C) groups is 4. The van der Waals surface area contributed by atoms with Crippen molar-refractivity contribution >= 4 is 69.0 Å². The van der Waals surface area contributed by atoms with Crippen molar-refractivity contribution < 1.29 is 38.1 Å². The Bertz CT molecular complexity index is 2670. The van der Waals surface area contributed by atoms with E-state index in [1.54, 1.807) is 48.5 Å². The van der Waals surface area contributed by atoms with Crippen LogP contribution >= 0.6 is 0 Å². The molecule has 0 N–H and O–H groups in total. The van der Waals surface area contributed by atoms with E-state index < -0.39 is 23.9 Å². The molecule has 9 rings (SSSR count). The van der Waals surface area contributed by atoms with Crippen LogP contribution < -0.4 is 18.9 Å². The number of esters is 4. The van der Waals surface area contributed by atoms with Crippen molar-refractivity contribution in [3.63, 3.8) is 0 Å². The van der Waals surface area contributed by atoms with Crippen molar-refractivity contribution in [1.82, 2.24) is 0 Å². The van der Waals surface area contributed by atoms with Gasteiger partial charge in [-0.15, -0.1) is 0 Å². The van der Waals surface area contributed by atoms with Gasteiger partial charge in [0.05, 0.1) is 45.6 Å². The van der Waals surface area contributed by atoms with E-state index in [4.69, 9.17) is 38.9 Å². The summed E-state index contributed by atoms with van der Waals surface area (Å²) in [6, 6.07) is 28.7. The molecule has 5 aliphatic rings. The van der Waals surface area contributed by atoms with Gasteiger partial charge >= 0.3 is 23.9 Å². The third kappa shape index (κ3) is 8.48. The third-order valence-electron chi connectivity index (χ3n) is 10.2. The number of hydrogen-bond acceptors (Lipinski definition) is 12. The maximum absolute atomic E-state index is 11.8. The molecular weight excluding hydrogens is 809 g/mol. The molecule has 0 saturated heterocycles. The molecule has 5 heterocycles. The van der Waals surface area contributed by atoms with Crippen molar-refractivity contribution in [3.8, 4) is 23.0 Å². The van der Waals surface area contributed by atoms with Gasteiger partial charge in [-0.05, 0) is 119 Å². The Morgan fingerprint density at radius 1 is 0.297 bits per heavy atom. The van der Waals surface area contributed by atoms with E-state index >= 15 is 0 Å². The molecule has 0 unspecified atom stereocenters. The lowest BCUT2D eigenvalue weighted by Crippen LogP contribution is -2.05. The first-order valence-corrected chi connectivity index (χ1v) is 20.2. The minimum absolute atomic E-state index is 0.394. The van der Waals surface area contributed by atoms with Gasteiger partial charge in [0.25, 0.3) is 0 Å². The van der Waals surface area contributed by atoms with Gasteiger partial charge in [-0.2, -0.15) is 0 Å². The molecule has 64 heavy (non-hydrogen) atoms. The molecule has 0 amide bonds. The smallest absolute Gasteiger partial charge is 0.308 e. The molecular formula is C52H36N4O8. The Labute approximate surface area is 367 Å². The lowest BCUT2D eigenvalue weighted by atomic mass is 9.98. The Morgan fingerprint density at radius 2 is 0.484 bits per heavy atom. The predicted molar refractivity (Wildman–Crippen MR) is 245 cm³/mol. The molecule has 12 nitrogen and oxygen atoms in total. The molecule has 0 spiro atoms. The van der Waals surface area contributed by atoms with Crippen LogP contribution in [0.25, 0.3) is 22.3 Å². The summed E-state index contributed by atoms with van der Waals surface area (Å²) in [6.45, 7) is 5.40. The maximum atomic E-state index is 11.8. The lowest BCUT2D eigenvalue weighted by molar-refractivity contribution is -0.132. The molecule has 0 atom stereocenters. The predicted octanol–water partition coefficient (Wildman–Crippen LogP) is 9.39. The first-order valence-electron chi connectivity index (χ1n) is 20.2. The molecule has 4 aromatic carbocycles. The number of carbonyl (C=O) groups excluding carboxylic acids is 4. The summed E-state index contributed by atoms with van der Waals surface area (Å²) in [5.74, 6) is -0.152. The molecule has 12 heteroatoms. The first-order chi connectivity index (χ1) is 30.9. The van der Waals surface area contributed by atoms with Gasteiger partial charge < -0.3 is 18.9 Å². The van der Waals surface area contributed by atoms with Crippen LogP contribution in [0.5, 0.6) is 23.0 Å². The fourth-order valence-corrected chi connectivity index (χ4v) is 7.69. The van der Waals surface area contributed by atoms with Crippen LogP contribution in [0.4, 0.5) is 0 Å². The third-order valence-corrected chi connectivity index (χ3v) is 10.2. The topological polar surface area (TPSA) is 155 Å². The molecule has 0 radical (unpaired) electrons. The Morgan fingerprint density at radius 3 is 0.656 bits per heavy atom. The highest BCUT2D eigenvalue weighted by Gasteiger charge is 2.28. The number of carbonyl (C=O) groups is 4. The van der Waals surface area contributed by atoms with Crippen LogP contribution in [0, 0.1) is 0 Å². The van der Waals surface area contributed by atoms with Gasteiger partial charge in [0, 0.05) is 50.0 Å². The van der Waals surface area contributed by atoms with Gasteiger partial charge in [-0.1, -0.05) is 48.5 Å². The second-order valence-electron chi connectivity index (χ2n) is 14.8. The van der Waals surface area contributed by atoms with E-state index in [1.807, 2.05) is 97.1 Å². The number of ether oxygens (including phenoxy) is 4. The summed E-state index contributed by atoms with van der Waals surface area (Å²) in [7, 11) is 0. The molecule has 312 valence electrons. The summed E-state index contributed by atoms with van der Waals surface area (Å²) in [4.78, 5) is 68.3. The average Bonchev–Trinajstić information content (AvgIpc) is 4.11. The summed E-state index contributed by atoms with van der Waals surface area (Å²) in [5.41, 5.74) is 10.9. The summed E-state index contributed by atoms with van der Waals surface area (Å²) >= 11 is 0. The fraction of sp³-hybridized carbons (Fsp3) is 0.0769. The number of nitrogens with zero attached hydrogens (tertiary/aromatic N) is 4. The number of allylic oxidation sites excluding steroid dienone is 12. The molecule has 4 aromatic rings. The largest absolute Gasteiger partial charge is 0.427 e. The maximum Gasteiger partial charge on any atom is 0.308 e. The zero-order chi connectivity index (χ0) is 44.5. The Hall–Kier alpha value is -8.64. The lowest BCUT2D eigenvalue weighted by Gasteiger charge is -2.13. The summed E-state index contributed by atoms with van der Waals surface area (Å²) in [6.07, 6.45) is 15.4. The normalized spacial score (nSPS) is 15.9. The van der Waals surface area contributed by atoms with E-state index in [0.29, 0.717) is 90.9 Å². The fourth-order valence-electron chi connectivity index (χ4n) is 7.69. The average molecular weight is 845 g/mol.